The van der Waals surface area contributed by atoms with E-state index < -0.39 is 28.5 Å². The van der Waals surface area contributed by atoms with Gasteiger partial charge in [-0.15, -0.1) is 0 Å². The molecule has 1 N–H and O–H groups in total. The Labute approximate surface area is 258 Å². The van der Waals surface area contributed by atoms with Crippen molar-refractivity contribution in [2.45, 2.75) is 76.4 Å². The Bertz CT molecular complexity index is 1510. The van der Waals surface area contributed by atoms with Crippen LogP contribution >= 0.6 is 23.2 Å². The predicted octanol–water partition coefficient (Wildman–Crippen LogP) is 6.67. The third-order valence-corrected chi connectivity index (χ3v) is 10.1. The summed E-state index contributed by atoms with van der Waals surface area (Å²) in [6.45, 7) is 4.92. The second kappa shape index (κ2) is 13.9. The summed E-state index contributed by atoms with van der Waals surface area (Å²) in [5.41, 5.74) is 2.80. The van der Waals surface area contributed by atoms with E-state index in [0.29, 0.717) is 21.3 Å². The molecule has 0 aliphatic heterocycles. The molecule has 0 aromatic heterocycles. The van der Waals surface area contributed by atoms with E-state index in [9.17, 15) is 18.0 Å². The molecular weight excluding hydrogens is 593 g/mol. The number of carbonyl (C=O) groups excluding carboxylic acids is 2. The van der Waals surface area contributed by atoms with Crippen LogP contribution in [0.4, 0.5) is 5.69 Å². The van der Waals surface area contributed by atoms with E-state index in [-0.39, 0.29) is 23.4 Å². The zero-order valence-corrected chi connectivity index (χ0v) is 26.5. The summed E-state index contributed by atoms with van der Waals surface area (Å²) < 4.78 is 29.0. The molecule has 0 radical (unpaired) electrons. The van der Waals surface area contributed by atoms with Gasteiger partial charge < -0.3 is 10.2 Å². The summed E-state index contributed by atoms with van der Waals surface area (Å²) >= 11 is 12.6. The maximum absolute atomic E-state index is 14.1. The zero-order chi connectivity index (χ0) is 30.4. The van der Waals surface area contributed by atoms with Crippen LogP contribution in [0.15, 0.2) is 71.6 Å². The highest BCUT2D eigenvalue weighted by atomic mass is 35.5. The molecule has 2 amide bonds. The number of hydrogen-bond acceptors (Lipinski definition) is 4. The zero-order valence-electron chi connectivity index (χ0n) is 24.1. The highest BCUT2D eigenvalue weighted by molar-refractivity contribution is 7.92. The number of aryl methyl sites for hydroxylation is 2. The average molecular weight is 631 g/mol. The van der Waals surface area contributed by atoms with Crippen LogP contribution in [0, 0.1) is 13.8 Å². The monoisotopic (exact) mass is 629 g/mol. The first kappa shape index (κ1) is 31.9. The Morgan fingerprint density at radius 3 is 2.10 bits per heavy atom. The van der Waals surface area contributed by atoms with Gasteiger partial charge in [-0.2, -0.15) is 0 Å². The molecule has 0 spiro atoms. The average Bonchev–Trinajstić information content (AvgIpc) is 2.96. The van der Waals surface area contributed by atoms with E-state index in [1.54, 1.807) is 61.5 Å². The largest absolute Gasteiger partial charge is 0.352 e. The van der Waals surface area contributed by atoms with Crippen LogP contribution in [0.25, 0.3) is 0 Å². The van der Waals surface area contributed by atoms with E-state index in [1.165, 1.54) is 17.0 Å². The number of rotatable bonds is 10. The van der Waals surface area contributed by atoms with Crippen molar-refractivity contribution in [2.24, 2.45) is 0 Å². The maximum atomic E-state index is 14.1. The third kappa shape index (κ3) is 7.85. The number of nitrogens with one attached hydrogen (secondary N) is 1. The number of hydrogen-bond donors (Lipinski definition) is 1. The van der Waals surface area contributed by atoms with Crippen LogP contribution in [0.3, 0.4) is 0 Å². The second-order valence-corrected chi connectivity index (χ2v) is 13.6. The van der Waals surface area contributed by atoms with E-state index >= 15 is 0 Å². The van der Waals surface area contributed by atoms with Crippen LogP contribution in [0.2, 0.25) is 10.0 Å². The van der Waals surface area contributed by atoms with Gasteiger partial charge >= 0.3 is 0 Å². The minimum absolute atomic E-state index is 0.000403. The molecule has 4 rings (SSSR count). The van der Waals surface area contributed by atoms with Gasteiger partial charge in [0, 0.05) is 22.6 Å². The smallest absolute Gasteiger partial charge is 0.264 e. The van der Waals surface area contributed by atoms with Crippen molar-refractivity contribution in [2.75, 3.05) is 10.8 Å². The first-order valence-electron chi connectivity index (χ1n) is 14.2. The van der Waals surface area contributed by atoms with Crippen LogP contribution in [-0.2, 0) is 26.2 Å². The third-order valence-electron chi connectivity index (χ3n) is 7.68. The molecule has 3 aromatic carbocycles. The van der Waals surface area contributed by atoms with E-state index in [2.05, 4.69) is 5.32 Å². The Morgan fingerprint density at radius 2 is 1.50 bits per heavy atom. The van der Waals surface area contributed by atoms with Crippen LogP contribution < -0.4 is 9.62 Å². The highest BCUT2D eigenvalue weighted by Crippen LogP contribution is 2.27. The Morgan fingerprint density at radius 1 is 0.905 bits per heavy atom. The molecule has 10 heteroatoms. The highest BCUT2D eigenvalue weighted by Gasteiger charge is 2.33. The van der Waals surface area contributed by atoms with Gasteiger partial charge in [0.05, 0.1) is 10.6 Å². The lowest BCUT2D eigenvalue weighted by atomic mass is 9.95. The second-order valence-electron chi connectivity index (χ2n) is 10.9. The number of carbonyl (C=O) groups is 2. The Balaban J connectivity index is 1.69. The fourth-order valence-electron chi connectivity index (χ4n) is 5.06. The molecule has 0 unspecified atom stereocenters. The summed E-state index contributed by atoms with van der Waals surface area (Å²) in [4.78, 5) is 29.0. The molecule has 1 fully saturated rings. The molecule has 7 nitrogen and oxygen atoms in total. The molecule has 224 valence electrons. The normalized spacial score (nSPS) is 14.7. The summed E-state index contributed by atoms with van der Waals surface area (Å²) in [5, 5.41) is 3.89. The number of amides is 2. The lowest BCUT2D eigenvalue weighted by molar-refractivity contribution is -0.139. The molecule has 1 aliphatic carbocycles. The minimum Gasteiger partial charge on any atom is -0.352 e. The predicted molar refractivity (Wildman–Crippen MR) is 168 cm³/mol. The number of nitrogens with zero attached hydrogens (tertiary/aromatic N) is 2. The number of benzene rings is 3. The SMILES string of the molecule is Cc1ccc(N(CC(=O)N(Cc2ccc(Cl)cc2Cl)[C@@H](C)C(=O)NC2CCCCC2)S(=O)(=O)c2ccc(C)cc2)cc1. The van der Waals surface area contributed by atoms with Gasteiger partial charge in [0.25, 0.3) is 10.0 Å². The van der Waals surface area contributed by atoms with Crippen molar-refractivity contribution in [1.82, 2.24) is 10.2 Å². The minimum atomic E-state index is -4.13. The Hall–Kier alpha value is -3.07. The first-order valence-corrected chi connectivity index (χ1v) is 16.3. The van der Waals surface area contributed by atoms with E-state index in [4.69, 9.17) is 23.2 Å². The van der Waals surface area contributed by atoms with Gasteiger partial charge in [0.15, 0.2) is 0 Å². The van der Waals surface area contributed by atoms with Crippen molar-refractivity contribution in [3.05, 3.63) is 93.5 Å². The summed E-state index contributed by atoms with van der Waals surface area (Å²) in [7, 11) is -4.13. The van der Waals surface area contributed by atoms with Gasteiger partial charge in [-0.05, 0) is 75.6 Å². The number of anilines is 1. The van der Waals surface area contributed by atoms with Crippen molar-refractivity contribution in [1.29, 1.82) is 0 Å². The quantitative estimate of drug-likeness (QED) is 0.271. The standard InChI is InChI=1S/C32H37Cl2N3O4S/c1-22-9-15-28(16-10-22)37(42(40,41)29-17-11-23(2)12-18-29)21-31(38)36(20-25-13-14-26(33)19-30(25)34)24(3)32(39)35-27-7-5-4-6-8-27/h9-19,24,27H,4-8,20-21H2,1-3H3,(H,35,39)/t24-/m0/s1. The van der Waals surface area contributed by atoms with Crippen molar-refractivity contribution >= 4 is 50.7 Å². The van der Waals surface area contributed by atoms with Gasteiger partial charge in [-0.25, -0.2) is 8.42 Å². The Kier molecular flexibility index (Phi) is 10.6. The molecule has 0 heterocycles. The molecule has 3 aromatic rings. The molecule has 1 atom stereocenters. The fourth-order valence-corrected chi connectivity index (χ4v) is 6.94. The van der Waals surface area contributed by atoms with Gasteiger partial charge in [-0.3, -0.25) is 13.9 Å². The summed E-state index contributed by atoms with van der Waals surface area (Å²) in [5.74, 6) is -0.827. The van der Waals surface area contributed by atoms with Crippen LogP contribution in [0.1, 0.15) is 55.7 Å². The topological polar surface area (TPSA) is 86.8 Å². The van der Waals surface area contributed by atoms with Crippen LogP contribution in [-0.4, -0.2) is 43.8 Å². The molecular formula is C32H37Cl2N3O4S. The van der Waals surface area contributed by atoms with Crippen LogP contribution in [0.5, 0.6) is 0 Å². The van der Waals surface area contributed by atoms with Gasteiger partial charge in [0.2, 0.25) is 11.8 Å². The summed E-state index contributed by atoms with van der Waals surface area (Å²) in [6.07, 6.45) is 5.03. The van der Waals surface area contributed by atoms with Crippen molar-refractivity contribution in [3.63, 3.8) is 0 Å². The lowest BCUT2D eigenvalue weighted by Crippen LogP contribution is -2.53. The number of halogens is 2. The molecule has 1 aliphatic rings. The molecule has 42 heavy (non-hydrogen) atoms. The number of sulfonamides is 1. The molecule has 1 saturated carbocycles. The first-order chi connectivity index (χ1) is 20.0. The van der Waals surface area contributed by atoms with E-state index in [0.717, 1.165) is 47.5 Å². The lowest BCUT2D eigenvalue weighted by Gasteiger charge is -2.33. The van der Waals surface area contributed by atoms with Crippen molar-refractivity contribution < 1.29 is 18.0 Å². The fraction of sp³-hybridized carbons (Fsp3) is 0.375. The molecule has 0 saturated heterocycles. The maximum Gasteiger partial charge on any atom is 0.264 e. The van der Waals surface area contributed by atoms with Gasteiger partial charge in [-0.1, -0.05) is 83.9 Å². The van der Waals surface area contributed by atoms with Crippen molar-refractivity contribution in [3.8, 4) is 0 Å². The molecule has 0 bridgehead atoms. The van der Waals surface area contributed by atoms with E-state index in [1.807, 2.05) is 13.8 Å². The van der Waals surface area contributed by atoms with Gasteiger partial charge in [0.1, 0.15) is 12.6 Å². The summed E-state index contributed by atoms with van der Waals surface area (Å²) in [6, 6.07) is 17.6.